The first-order valence-corrected chi connectivity index (χ1v) is 3.07. The Labute approximate surface area is 60.9 Å². The summed E-state index contributed by atoms with van der Waals surface area (Å²) < 4.78 is 4.89. The quantitative estimate of drug-likeness (QED) is 0.364. The number of rotatable bonds is 4. The van der Waals surface area contributed by atoms with Crippen LogP contribution in [0.3, 0.4) is 0 Å². The highest BCUT2D eigenvalue weighted by Gasteiger charge is 1.97. The summed E-state index contributed by atoms with van der Waals surface area (Å²) in [6.45, 7) is 5.50. The van der Waals surface area contributed by atoms with Gasteiger partial charge in [-0.2, -0.15) is 5.11 Å². The summed E-state index contributed by atoms with van der Waals surface area (Å²) >= 11 is 0. The van der Waals surface area contributed by atoms with Crippen molar-refractivity contribution in [1.29, 1.82) is 5.53 Å². The van der Waals surface area contributed by atoms with Gasteiger partial charge in [-0.05, 0) is 12.5 Å². The molecule has 0 unspecified atom stereocenters. The van der Waals surface area contributed by atoms with Crippen LogP contribution >= 0.6 is 0 Å². The molecule has 0 aliphatic heterocycles. The molecule has 0 radical (unpaired) electrons. The van der Waals surface area contributed by atoms with Crippen molar-refractivity contribution in [3.8, 4) is 0 Å². The summed E-state index contributed by atoms with van der Waals surface area (Å²) in [5.74, 6) is 0.581. The molecule has 0 aliphatic carbocycles. The summed E-state index contributed by atoms with van der Waals surface area (Å²) in [7, 11) is 1.54. The topological polar surface area (TPSA) is 45.4 Å². The van der Waals surface area contributed by atoms with Crippen LogP contribution in [0.2, 0.25) is 0 Å². The van der Waals surface area contributed by atoms with Gasteiger partial charge in [-0.1, -0.05) is 13.5 Å². The third kappa shape index (κ3) is 2.44. The van der Waals surface area contributed by atoms with Crippen molar-refractivity contribution in [2.75, 3.05) is 7.11 Å². The van der Waals surface area contributed by atoms with Gasteiger partial charge in [-0.25, -0.2) is 5.53 Å². The zero-order valence-electron chi connectivity index (χ0n) is 6.35. The Morgan fingerprint density at radius 3 is 2.70 bits per heavy atom. The van der Waals surface area contributed by atoms with E-state index in [0.29, 0.717) is 11.5 Å². The Balaban J connectivity index is 4.19. The molecule has 0 atom stereocenters. The second-order valence-electron chi connectivity index (χ2n) is 1.74. The average Bonchev–Trinajstić information content (AvgIpc) is 1.99. The second-order valence-corrected chi connectivity index (χ2v) is 1.74. The zero-order chi connectivity index (χ0) is 7.98. The largest absolute Gasteiger partial charge is 0.495 e. The Kier molecular flexibility index (Phi) is 4.20. The van der Waals surface area contributed by atoms with Gasteiger partial charge in [0.15, 0.2) is 0 Å². The monoisotopic (exact) mass is 140 g/mol. The van der Waals surface area contributed by atoms with Crippen molar-refractivity contribution in [2.24, 2.45) is 5.11 Å². The summed E-state index contributed by atoms with van der Waals surface area (Å²) in [6.07, 6.45) is 2.69. The van der Waals surface area contributed by atoms with Crippen LogP contribution in [0.5, 0.6) is 0 Å². The van der Waals surface area contributed by atoms with Crippen LogP contribution < -0.4 is 0 Å². The Morgan fingerprint density at radius 1 is 1.80 bits per heavy atom. The number of ether oxygens (including phenoxy) is 1. The van der Waals surface area contributed by atoms with Crippen LogP contribution in [0.4, 0.5) is 0 Å². The molecule has 0 aromatic heterocycles. The maximum absolute atomic E-state index is 6.63. The minimum Gasteiger partial charge on any atom is -0.495 e. The van der Waals surface area contributed by atoms with E-state index >= 15 is 0 Å². The van der Waals surface area contributed by atoms with E-state index in [9.17, 15) is 0 Å². The lowest BCUT2D eigenvalue weighted by atomic mass is 10.3. The molecule has 0 heterocycles. The van der Waals surface area contributed by atoms with Crippen LogP contribution in [-0.4, -0.2) is 7.11 Å². The fourth-order valence-corrected chi connectivity index (χ4v) is 0.559. The highest BCUT2D eigenvalue weighted by atomic mass is 16.5. The molecule has 0 amide bonds. The first kappa shape index (κ1) is 8.88. The fourth-order valence-electron chi connectivity index (χ4n) is 0.559. The van der Waals surface area contributed by atoms with Crippen LogP contribution in [0.1, 0.15) is 13.3 Å². The van der Waals surface area contributed by atoms with Crippen LogP contribution in [0, 0.1) is 5.53 Å². The average molecular weight is 140 g/mol. The number of methoxy groups -OCH3 is 1. The lowest BCUT2D eigenvalue weighted by Crippen LogP contribution is -1.87. The fraction of sp³-hybridized carbons (Fsp3) is 0.429. The van der Waals surface area contributed by atoms with Crippen molar-refractivity contribution in [3.05, 3.63) is 24.1 Å². The molecule has 56 valence electrons. The molecule has 0 saturated heterocycles. The molecule has 3 heteroatoms. The molecule has 0 fully saturated rings. The summed E-state index contributed by atoms with van der Waals surface area (Å²) in [5, 5.41) is 3.14. The van der Waals surface area contributed by atoms with Gasteiger partial charge >= 0.3 is 0 Å². The third-order valence-corrected chi connectivity index (χ3v) is 1.03. The molecular formula is C7H12N2O. The van der Waals surface area contributed by atoms with Gasteiger partial charge in [-0.15, -0.1) is 0 Å². The van der Waals surface area contributed by atoms with E-state index in [1.807, 2.05) is 13.0 Å². The molecule has 0 saturated carbocycles. The number of hydrogen-bond donors (Lipinski definition) is 1. The van der Waals surface area contributed by atoms with E-state index in [1.54, 1.807) is 0 Å². The molecule has 0 rings (SSSR count). The normalized spacial score (nSPS) is 10.8. The third-order valence-electron chi connectivity index (χ3n) is 1.03. The maximum atomic E-state index is 6.63. The number of allylic oxidation sites excluding steroid dienone is 1. The van der Waals surface area contributed by atoms with Crippen molar-refractivity contribution >= 4 is 0 Å². The minimum absolute atomic E-state index is 0.365. The molecular weight excluding hydrogens is 128 g/mol. The lowest BCUT2D eigenvalue weighted by molar-refractivity contribution is 0.298. The molecule has 0 aliphatic rings. The number of hydrogen-bond acceptors (Lipinski definition) is 3. The highest BCUT2D eigenvalue weighted by Crippen LogP contribution is 2.09. The van der Waals surface area contributed by atoms with Gasteiger partial charge in [0.2, 0.25) is 0 Å². The molecule has 1 N–H and O–H groups in total. The molecule has 0 aromatic carbocycles. The number of nitrogens with one attached hydrogen (secondary N) is 1. The SMILES string of the molecule is C=C(N=N)/C(=C\CC)OC. The highest BCUT2D eigenvalue weighted by molar-refractivity contribution is 5.19. The molecule has 10 heavy (non-hydrogen) atoms. The summed E-state index contributed by atoms with van der Waals surface area (Å²) in [5.41, 5.74) is 6.99. The van der Waals surface area contributed by atoms with E-state index in [2.05, 4.69) is 11.7 Å². The molecule has 0 aromatic rings. The van der Waals surface area contributed by atoms with Gasteiger partial charge < -0.3 is 4.74 Å². The standard InChI is InChI=1S/C7H12N2O/c1-4-5-7(10-3)6(2)9-8/h5,8H,2,4H2,1,3H3/b7-5+,9-8?. The Hall–Kier alpha value is -1.12. The maximum Gasteiger partial charge on any atom is 0.141 e. The van der Waals surface area contributed by atoms with E-state index in [-0.39, 0.29) is 0 Å². The Morgan fingerprint density at radius 2 is 2.40 bits per heavy atom. The van der Waals surface area contributed by atoms with Crippen molar-refractivity contribution in [2.45, 2.75) is 13.3 Å². The predicted octanol–water partition coefficient (Wildman–Crippen LogP) is 2.47. The zero-order valence-corrected chi connectivity index (χ0v) is 6.35. The molecule has 0 bridgehead atoms. The van der Waals surface area contributed by atoms with E-state index in [0.717, 1.165) is 6.42 Å². The van der Waals surface area contributed by atoms with Gasteiger partial charge in [0, 0.05) is 0 Å². The van der Waals surface area contributed by atoms with E-state index < -0.39 is 0 Å². The van der Waals surface area contributed by atoms with Crippen molar-refractivity contribution in [1.82, 2.24) is 0 Å². The molecule has 3 nitrogen and oxygen atoms in total. The minimum atomic E-state index is 0.365. The van der Waals surface area contributed by atoms with Gasteiger partial charge in [0.05, 0.1) is 7.11 Å². The van der Waals surface area contributed by atoms with Gasteiger partial charge in [0.25, 0.3) is 0 Å². The summed E-state index contributed by atoms with van der Waals surface area (Å²) in [4.78, 5) is 0. The van der Waals surface area contributed by atoms with Gasteiger partial charge in [-0.3, -0.25) is 0 Å². The van der Waals surface area contributed by atoms with Crippen molar-refractivity contribution < 1.29 is 4.74 Å². The first-order chi connectivity index (χ1) is 4.76. The van der Waals surface area contributed by atoms with Gasteiger partial charge in [0.1, 0.15) is 11.5 Å². The van der Waals surface area contributed by atoms with Crippen LogP contribution in [-0.2, 0) is 4.74 Å². The predicted molar refractivity (Wildman–Crippen MR) is 39.7 cm³/mol. The first-order valence-electron chi connectivity index (χ1n) is 3.07. The van der Waals surface area contributed by atoms with E-state index in [1.165, 1.54) is 7.11 Å². The van der Waals surface area contributed by atoms with E-state index in [4.69, 9.17) is 10.3 Å². The summed E-state index contributed by atoms with van der Waals surface area (Å²) in [6, 6.07) is 0. The lowest BCUT2D eigenvalue weighted by Gasteiger charge is -2.01. The number of nitrogens with zero attached hydrogens (tertiary/aromatic N) is 1. The second kappa shape index (κ2) is 4.73. The van der Waals surface area contributed by atoms with Crippen molar-refractivity contribution in [3.63, 3.8) is 0 Å². The Bertz CT molecular complexity index is 161. The van der Waals surface area contributed by atoms with Crippen LogP contribution in [0.15, 0.2) is 29.2 Å². The van der Waals surface area contributed by atoms with Crippen LogP contribution in [0.25, 0.3) is 0 Å². The smallest absolute Gasteiger partial charge is 0.141 e. The molecule has 0 spiro atoms.